The fourth-order valence-corrected chi connectivity index (χ4v) is 1.66. The number of carbonyl (C=O) groups excluding carboxylic acids is 1. The highest BCUT2D eigenvalue weighted by Crippen LogP contribution is 2.29. The first-order chi connectivity index (χ1) is 7.47. The quantitative estimate of drug-likeness (QED) is 0.797. The van der Waals surface area contributed by atoms with Crippen LogP contribution in [0.4, 0.5) is 13.2 Å². The van der Waals surface area contributed by atoms with Gasteiger partial charge in [0.2, 0.25) is 5.91 Å². The van der Waals surface area contributed by atoms with Gasteiger partial charge < -0.3 is 5.32 Å². The molecule has 1 fully saturated rings. The van der Waals surface area contributed by atoms with E-state index in [4.69, 9.17) is 0 Å². The summed E-state index contributed by atoms with van der Waals surface area (Å²) in [5.41, 5.74) is -0.250. The van der Waals surface area contributed by atoms with Gasteiger partial charge in [0.05, 0.1) is 0 Å². The molecule has 0 aliphatic carbocycles. The lowest BCUT2D eigenvalue weighted by Gasteiger charge is -2.09. The Hall–Kier alpha value is -1.59. The van der Waals surface area contributed by atoms with E-state index in [1.807, 2.05) is 0 Å². The van der Waals surface area contributed by atoms with E-state index < -0.39 is 11.9 Å². The number of hydrogen-bond donors (Lipinski definition) is 1. The van der Waals surface area contributed by atoms with Gasteiger partial charge in [0.1, 0.15) is 5.69 Å². The largest absolute Gasteiger partial charge is 0.433 e. The van der Waals surface area contributed by atoms with Crippen LogP contribution in [0, 0.1) is 0 Å². The molecule has 1 unspecified atom stereocenters. The molecule has 1 saturated heterocycles. The summed E-state index contributed by atoms with van der Waals surface area (Å²) in [5, 5.41) is 2.62. The lowest BCUT2D eigenvalue weighted by Crippen LogP contribution is -2.13. The second-order valence-corrected chi connectivity index (χ2v) is 3.68. The molecule has 2 rings (SSSR count). The Morgan fingerprint density at radius 1 is 1.38 bits per heavy atom. The zero-order valence-electron chi connectivity index (χ0n) is 8.21. The highest BCUT2D eigenvalue weighted by atomic mass is 19.4. The second-order valence-electron chi connectivity index (χ2n) is 3.68. The van der Waals surface area contributed by atoms with E-state index in [1.54, 1.807) is 0 Å². The maximum atomic E-state index is 12.2. The van der Waals surface area contributed by atoms with E-state index in [0.29, 0.717) is 18.5 Å². The fraction of sp³-hybridized carbons (Fsp3) is 0.400. The molecule has 0 aromatic carbocycles. The van der Waals surface area contributed by atoms with Gasteiger partial charge in [0.15, 0.2) is 0 Å². The van der Waals surface area contributed by atoms with E-state index in [9.17, 15) is 18.0 Å². The van der Waals surface area contributed by atoms with Crippen LogP contribution in [-0.4, -0.2) is 17.4 Å². The molecule has 2 heterocycles. The number of pyridine rings is 1. The van der Waals surface area contributed by atoms with Crippen molar-refractivity contribution in [2.24, 2.45) is 0 Å². The Bertz CT molecular complexity index is 400. The second kappa shape index (κ2) is 3.77. The van der Waals surface area contributed by atoms with Gasteiger partial charge in [-0.25, -0.2) is 0 Å². The minimum atomic E-state index is -4.41. The topological polar surface area (TPSA) is 42.0 Å². The molecule has 1 aliphatic heterocycles. The molecule has 3 nitrogen and oxygen atoms in total. The molecular formula is C10H9F3N2O. The molecular weight excluding hydrogens is 221 g/mol. The Kier molecular flexibility index (Phi) is 2.57. The van der Waals surface area contributed by atoms with E-state index >= 15 is 0 Å². The summed E-state index contributed by atoms with van der Waals surface area (Å²) in [5.74, 6) is -0.146. The van der Waals surface area contributed by atoms with Gasteiger partial charge in [-0.2, -0.15) is 13.2 Å². The zero-order valence-corrected chi connectivity index (χ0v) is 8.21. The molecule has 1 amide bonds. The van der Waals surface area contributed by atoms with Crippen LogP contribution >= 0.6 is 0 Å². The smallest absolute Gasteiger partial charge is 0.355 e. The molecule has 0 bridgehead atoms. The van der Waals surface area contributed by atoms with Gasteiger partial charge >= 0.3 is 6.18 Å². The third kappa shape index (κ3) is 2.15. The fourth-order valence-electron chi connectivity index (χ4n) is 1.66. The predicted molar refractivity (Wildman–Crippen MR) is 49.6 cm³/mol. The van der Waals surface area contributed by atoms with E-state index in [1.165, 1.54) is 12.3 Å². The van der Waals surface area contributed by atoms with E-state index in [0.717, 1.165) is 6.07 Å². The number of hydrogen-bond acceptors (Lipinski definition) is 2. The van der Waals surface area contributed by atoms with Crippen molar-refractivity contribution in [3.8, 4) is 0 Å². The van der Waals surface area contributed by atoms with Crippen LogP contribution in [0.25, 0.3) is 0 Å². The number of amides is 1. The van der Waals surface area contributed by atoms with Crippen LogP contribution in [-0.2, 0) is 11.0 Å². The molecule has 0 spiro atoms. The summed E-state index contributed by atoms with van der Waals surface area (Å²) in [6.07, 6.45) is -2.91. The van der Waals surface area contributed by atoms with E-state index in [-0.39, 0.29) is 11.8 Å². The van der Waals surface area contributed by atoms with Crippen LogP contribution in [0.5, 0.6) is 0 Å². The van der Waals surface area contributed by atoms with Gasteiger partial charge in [0.25, 0.3) is 0 Å². The number of halogens is 3. The summed E-state index contributed by atoms with van der Waals surface area (Å²) in [6, 6.07) is 2.32. The Morgan fingerprint density at radius 2 is 2.12 bits per heavy atom. The van der Waals surface area contributed by atoms with Crippen LogP contribution in [0.1, 0.15) is 23.6 Å². The van der Waals surface area contributed by atoms with Crippen molar-refractivity contribution in [1.82, 2.24) is 10.3 Å². The monoisotopic (exact) mass is 230 g/mol. The Balaban J connectivity index is 2.17. The summed E-state index contributed by atoms with van der Waals surface area (Å²) < 4.78 is 36.7. The Morgan fingerprint density at radius 3 is 2.56 bits per heavy atom. The summed E-state index contributed by atoms with van der Waals surface area (Å²) in [4.78, 5) is 14.3. The molecule has 1 aromatic heterocycles. The van der Waals surface area contributed by atoms with Crippen LogP contribution in [0.2, 0.25) is 0 Å². The number of alkyl halides is 3. The number of nitrogens with zero attached hydrogens (tertiary/aromatic N) is 1. The highest BCUT2D eigenvalue weighted by Gasteiger charge is 2.32. The lowest BCUT2D eigenvalue weighted by molar-refractivity contribution is -0.141. The summed E-state index contributed by atoms with van der Waals surface area (Å²) in [6.45, 7) is 0.464. The highest BCUT2D eigenvalue weighted by molar-refractivity contribution is 5.79. The third-order valence-electron chi connectivity index (χ3n) is 2.53. The normalized spacial score (nSPS) is 20.9. The molecule has 1 aliphatic rings. The average Bonchev–Trinajstić information content (AvgIpc) is 2.64. The number of nitrogens with one attached hydrogen (secondary N) is 1. The molecule has 1 aromatic rings. The standard InChI is InChI=1S/C10H9F3N2O/c11-10(12,13)8-2-1-6(4-14-8)7-3-9(16)15-5-7/h1-2,4,7H,3,5H2,(H,15,16). The first-order valence-electron chi connectivity index (χ1n) is 4.76. The van der Waals surface area contributed by atoms with Crippen molar-refractivity contribution >= 4 is 5.91 Å². The minimum Gasteiger partial charge on any atom is -0.355 e. The molecule has 6 heteroatoms. The van der Waals surface area contributed by atoms with Crippen molar-refractivity contribution in [1.29, 1.82) is 0 Å². The van der Waals surface area contributed by atoms with Crippen LogP contribution in [0.15, 0.2) is 18.3 Å². The maximum absolute atomic E-state index is 12.2. The van der Waals surface area contributed by atoms with Crippen LogP contribution < -0.4 is 5.32 Å². The zero-order chi connectivity index (χ0) is 11.8. The molecule has 86 valence electrons. The molecule has 1 N–H and O–H groups in total. The molecule has 0 radical (unpaired) electrons. The van der Waals surface area contributed by atoms with Crippen molar-refractivity contribution in [2.45, 2.75) is 18.5 Å². The van der Waals surface area contributed by atoms with Gasteiger partial charge in [0, 0.05) is 25.1 Å². The molecule has 1 atom stereocenters. The van der Waals surface area contributed by atoms with E-state index in [2.05, 4.69) is 10.3 Å². The minimum absolute atomic E-state index is 0.0673. The first-order valence-corrected chi connectivity index (χ1v) is 4.76. The Labute approximate surface area is 89.7 Å². The van der Waals surface area contributed by atoms with Gasteiger partial charge in [-0.3, -0.25) is 9.78 Å². The molecule has 0 saturated carbocycles. The lowest BCUT2D eigenvalue weighted by atomic mass is 10.00. The number of aromatic nitrogens is 1. The van der Waals surface area contributed by atoms with Crippen molar-refractivity contribution < 1.29 is 18.0 Å². The van der Waals surface area contributed by atoms with Gasteiger partial charge in [-0.15, -0.1) is 0 Å². The SMILES string of the molecule is O=C1CC(c2ccc(C(F)(F)F)nc2)CN1. The summed E-state index contributed by atoms with van der Waals surface area (Å²) >= 11 is 0. The average molecular weight is 230 g/mol. The van der Waals surface area contributed by atoms with Gasteiger partial charge in [-0.1, -0.05) is 6.07 Å². The number of carbonyl (C=O) groups is 1. The van der Waals surface area contributed by atoms with Crippen molar-refractivity contribution in [2.75, 3.05) is 6.54 Å². The number of rotatable bonds is 1. The molecule has 16 heavy (non-hydrogen) atoms. The summed E-state index contributed by atoms with van der Waals surface area (Å²) in [7, 11) is 0. The van der Waals surface area contributed by atoms with Crippen molar-refractivity contribution in [3.05, 3.63) is 29.6 Å². The van der Waals surface area contributed by atoms with Crippen molar-refractivity contribution in [3.63, 3.8) is 0 Å². The predicted octanol–water partition coefficient (Wildman–Crippen LogP) is 1.70. The van der Waals surface area contributed by atoms with Gasteiger partial charge in [-0.05, 0) is 11.6 Å². The first kappa shape index (κ1) is 10.9. The maximum Gasteiger partial charge on any atom is 0.433 e. The van der Waals surface area contributed by atoms with Crippen LogP contribution in [0.3, 0.4) is 0 Å². The third-order valence-corrected chi connectivity index (χ3v) is 2.53.